The molecule has 1 aromatic heterocycles. The third kappa shape index (κ3) is 3.66. The second-order valence-electron chi connectivity index (χ2n) is 7.78. The van der Waals surface area contributed by atoms with Crippen molar-refractivity contribution in [2.24, 2.45) is 5.10 Å². The van der Waals surface area contributed by atoms with Crippen molar-refractivity contribution in [2.75, 3.05) is 0 Å². The number of hydrogen-bond donors (Lipinski definition) is 0. The first-order valence-corrected chi connectivity index (χ1v) is 12.0. The summed E-state index contributed by atoms with van der Waals surface area (Å²) in [4.78, 5) is 4.70. The van der Waals surface area contributed by atoms with Gasteiger partial charge >= 0.3 is 0 Å². The molecular formula is C25H20ClN3O2S. The molecule has 5 rings (SSSR count). The molecule has 0 saturated heterocycles. The summed E-state index contributed by atoms with van der Waals surface area (Å²) < 4.78 is 28.3. The normalized spacial score (nSPS) is 16.4. The van der Waals surface area contributed by atoms with E-state index >= 15 is 0 Å². The van der Waals surface area contributed by atoms with Crippen molar-refractivity contribution in [3.05, 3.63) is 107 Å². The Balaban J connectivity index is 1.65. The summed E-state index contributed by atoms with van der Waals surface area (Å²) in [5.41, 5.74) is 4.10. The highest BCUT2D eigenvalue weighted by Crippen LogP contribution is 2.40. The number of fused-ring (bicyclic) bond motifs is 1. The van der Waals surface area contributed by atoms with Gasteiger partial charge in [-0.1, -0.05) is 77.8 Å². The SMILES string of the molecule is Cc1ccc(C2=NN(S(=O)(=O)c3ccccc3)C(c3cc4ccccc4nc3Cl)C2)cc1. The predicted octanol–water partition coefficient (Wildman–Crippen LogP) is 5.74. The number of benzene rings is 3. The summed E-state index contributed by atoms with van der Waals surface area (Å²) >= 11 is 6.58. The van der Waals surface area contributed by atoms with Crippen LogP contribution >= 0.6 is 11.6 Å². The minimum absolute atomic E-state index is 0.184. The van der Waals surface area contributed by atoms with Crippen LogP contribution in [-0.4, -0.2) is 23.5 Å². The number of hydrogen-bond acceptors (Lipinski definition) is 4. The van der Waals surface area contributed by atoms with Crippen LogP contribution in [0, 0.1) is 6.92 Å². The average Bonchev–Trinajstić information content (AvgIpc) is 3.26. The summed E-state index contributed by atoms with van der Waals surface area (Å²) in [6, 6.07) is 25.2. The molecule has 0 amide bonds. The molecule has 0 aliphatic carbocycles. The Labute approximate surface area is 192 Å². The van der Waals surface area contributed by atoms with Gasteiger partial charge in [0.05, 0.1) is 22.2 Å². The summed E-state index contributed by atoms with van der Waals surface area (Å²) in [6.45, 7) is 2.01. The van der Waals surface area contributed by atoms with Crippen LogP contribution in [0.3, 0.4) is 0 Å². The van der Waals surface area contributed by atoms with E-state index in [-0.39, 0.29) is 10.0 Å². The van der Waals surface area contributed by atoms with E-state index in [4.69, 9.17) is 11.6 Å². The summed E-state index contributed by atoms with van der Waals surface area (Å²) in [6.07, 6.45) is 0.398. The second kappa shape index (κ2) is 8.04. The maximum Gasteiger partial charge on any atom is 0.279 e. The number of aryl methyl sites for hydroxylation is 1. The highest BCUT2D eigenvalue weighted by molar-refractivity contribution is 7.89. The zero-order valence-corrected chi connectivity index (χ0v) is 18.9. The van der Waals surface area contributed by atoms with Crippen molar-refractivity contribution in [2.45, 2.75) is 24.3 Å². The van der Waals surface area contributed by atoms with Crippen LogP contribution in [0.2, 0.25) is 5.15 Å². The number of rotatable bonds is 4. The Hall–Kier alpha value is -3.22. The van der Waals surface area contributed by atoms with Gasteiger partial charge in [-0.15, -0.1) is 0 Å². The maximum absolute atomic E-state index is 13.6. The van der Waals surface area contributed by atoms with Crippen LogP contribution in [0.25, 0.3) is 10.9 Å². The predicted molar refractivity (Wildman–Crippen MR) is 127 cm³/mol. The van der Waals surface area contributed by atoms with E-state index in [0.29, 0.717) is 17.7 Å². The minimum Gasteiger partial charge on any atom is -0.236 e. The molecule has 1 aliphatic heterocycles. The van der Waals surface area contributed by atoms with Gasteiger partial charge in [-0.05, 0) is 36.8 Å². The molecule has 0 radical (unpaired) electrons. The van der Waals surface area contributed by atoms with Crippen molar-refractivity contribution < 1.29 is 8.42 Å². The lowest BCUT2D eigenvalue weighted by molar-refractivity contribution is 0.371. The molecule has 1 unspecified atom stereocenters. The Kier molecular flexibility index (Phi) is 5.19. The average molecular weight is 462 g/mol. The van der Waals surface area contributed by atoms with E-state index in [1.165, 1.54) is 4.41 Å². The van der Waals surface area contributed by atoms with Crippen LogP contribution < -0.4 is 0 Å². The molecule has 5 nitrogen and oxygen atoms in total. The number of nitrogens with zero attached hydrogens (tertiary/aromatic N) is 3. The Morgan fingerprint density at radius 1 is 0.938 bits per heavy atom. The first-order chi connectivity index (χ1) is 15.4. The highest BCUT2D eigenvalue weighted by atomic mass is 35.5. The lowest BCUT2D eigenvalue weighted by Crippen LogP contribution is -2.27. The van der Waals surface area contributed by atoms with E-state index in [1.807, 2.05) is 61.5 Å². The summed E-state index contributed by atoms with van der Waals surface area (Å²) in [5.74, 6) is 0. The molecule has 0 fully saturated rings. The molecule has 0 bridgehead atoms. The lowest BCUT2D eigenvalue weighted by atomic mass is 9.98. The van der Waals surface area contributed by atoms with Crippen LogP contribution in [-0.2, 0) is 10.0 Å². The van der Waals surface area contributed by atoms with Gasteiger partial charge in [0.2, 0.25) is 0 Å². The van der Waals surface area contributed by atoms with E-state index < -0.39 is 16.1 Å². The largest absolute Gasteiger partial charge is 0.279 e. The molecule has 3 aromatic carbocycles. The molecule has 0 saturated carbocycles. The van der Waals surface area contributed by atoms with Gasteiger partial charge in [0.25, 0.3) is 10.0 Å². The molecule has 160 valence electrons. The van der Waals surface area contributed by atoms with Gasteiger partial charge in [-0.2, -0.15) is 17.9 Å². The van der Waals surface area contributed by atoms with Gasteiger partial charge in [0.1, 0.15) is 5.15 Å². The fraction of sp³-hybridized carbons (Fsp3) is 0.120. The number of para-hydroxylation sites is 1. The van der Waals surface area contributed by atoms with E-state index in [1.54, 1.807) is 30.3 Å². The lowest BCUT2D eigenvalue weighted by Gasteiger charge is -2.24. The zero-order chi connectivity index (χ0) is 22.3. The number of hydrazone groups is 1. The molecule has 7 heteroatoms. The van der Waals surface area contributed by atoms with E-state index in [9.17, 15) is 8.42 Å². The summed E-state index contributed by atoms with van der Waals surface area (Å²) in [5, 5.41) is 5.77. The topological polar surface area (TPSA) is 62.6 Å². The number of sulfonamides is 1. The van der Waals surface area contributed by atoms with Crippen molar-refractivity contribution >= 4 is 38.2 Å². The third-order valence-electron chi connectivity index (χ3n) is 5.61. The van der Waals surface area contributed by atoms with Crippen molar-refractivity contribution in [3.8, 4) is 0 Å². The highest BCUT2D eigenvalue weighted by Gasteiger charge is 2.39. The molecule has 32 heavy (non-hydrogen) atoms. The van der Waals surface area contributed by atoms with Gasteiger partial charge in [-0.3, -0.25) is 0 Å². The quantitative estimate of drug-likeness (QED) is 0.364. The van der Waals surface area contributed by atoms with Crippen molar-refractivity contribution in [3.63, 3.8) is 0 Å². The smallest absolute Gasteiger partial charge is 0.236 e. The molecular weight excluding hydrogens is 442 g/mol. The maximum atomic E-state index is 13.6. The zero-order valence-electron chi connectivity index (χ0n) is 17.3. The van der Waals surface area contributed by atoms with Crippen LogP contribution in [0.4, 0.5) is 0 Å². The van der Waals surface area contributed by atoms with E-state index in [2.05, 4.69) is 10.1 Å². The van der Waals surface area contributed by atoms with Gasteiger partial charge in [0, 0.05) is 17.4 Å². The van der Waals surface area contributed by atoms with Crippen LogP contribution in [0.5, 0.6) is 0 Å². The van der Waals surface area contributed by atoms with Crippen LogP contribution in [0.1, 0.15) is 29.2 Å². The standard InChI is InChI=1S/C25H20ClN3O2S/c1-17-11-13-18(14-12-17)23-16-24(21-15-19-7-5-6-10-22(19)27-25(21)26)29(28-23)32(30,31)20-8-3-2-4-9-20/h2-15,24H,16H2,1H3. The van der Waals surface area contributed by atoms with Crippen LogP contribution in [0.15, 0.2) is 94.9 Å². The molecule has 4 aromatic rings. The number of aromatic nitrogens is 1. The molecule has 0 spiro atoms. The Morgan fingerprint density at radius 2 is 1.62 bits per heavy atom. The Bertz CT molecular complexity index is 1440. The van der Waals surface area contributed by atoms with E-state index in [0.717, 1.165) is 22.0 Å². The fourth-order valence-corrected chi connectivity index (χ4v) is 5.62. The van der Waals surface area contributed by atoms with Gasteiger partial charge < -0.3 is 0 Å². The molecule has 2 heterocycles. The van der Waals surface area contributed by atoms with Gasteiger partial charge in [0.15, 0.2) is 0 Å². The monoisotopic (exact) mass is 461 g/mol. The third-order valence-corrected chi connectivity index (χ3v) is 7.61. The number of halogens is 1. The first-order valence-electron chi connectivity index (χ1n) is 10.2. The Morgan fingerprint density at radius 3 is 2.38 bits per heavy atom. The summed E-state index contributed by atoms with van der Waals surface area (Å²) in [7, 11) is -3.90. The fourth-order valence-electron chi connectivity index (χ4n) is 3.91. The molecule has 1 aliphatic rings. The minimum atomic E-state index is -3.90. The molecule has 1 atom stereocenters. The second-order valence-corrected chi connectivity index (χ2v) is 9.94. The first kappa shape index (κ1) is 20.7. The number of pyridine rings is 1. The van der Waals surface area contributed by atoms with Crippen molar-refractivity contribution in [1.82, 2.24) is 9.40 Å². The van der Waals surface area contributed by atoms with Crippen molar-refractivity contribution in [1.29, 1.82) is 0 Å². The van der Waals surface area contributed by atoms with Gasteiger partial charge in [-0.25, -0.2) is 4.98 Å². The molecule has 0 N–H and O–H groups in total.